The summed E-state index contributed by atoms with van der Waals surface area (Å²) in [5, 5.41) is 10.5. The molecule has 1 N–H and O–H groups in total. The van der Waals surface area contributed by atoms with Crippen molar-refractivity contribution in [3.05, 3.63) is 18.0 Å². The van der Waals surface area contributed by atoms with Gasteiger partial charge in [0.2, 0.25) is 0 Å². The molecule has 70 valence electrons. The van der Waals surface area contributed by atoms with Crippen LogP contribution in [-0.2, 0) is 0 Å². The summed E-state index contributed by atoms with van der Waals surface area (Å²) < 4.78 is 0. The van der Waals surface area contributed by atoms with Crippen LogP contribution in [0.1, 0.15) is 24.5 Å². The topological polar surface area (TPSA) is 46.0 Å². The Kier molecular flexibility index (Phi) is 2.51. The van der Waals surface area contributed by atoms with Crippen LogP contribution in [0.5, 0.6) is 0 Å². The SMILES string of the molecule is CSc1ncc(C(O)C2CC2)cn1. The van der Waals surface area contributed by atoms with E-state index in [-0.39, 0.29) is 6.10 Å². The molecule has 1 aliphatic rings. The molecule has 1 fully saturated rings. The molecule has 3 nitrogen and oxygen atoms in total. The summed E-state index contributed by atoms with van der Waals surface area (Å²) in [5.74, 6) is 0.448. The first-order valence-corrected chi connectivity index (χ1v) is 5.57. The lowest BCUT2D eigenvalue weighted by Gasteiger charge is -2.07. The number of aromatic nitrogens is 2. The molecular formula is C9H12N2OS. The Labute approximate surface area is 81.6 Å². The van der Waals surface area contributed by atoms with Gasteiger partial charge >= 0.3 is 0 Å². The molecule has 13 heavy (non-hydrogen) atoms. The van der Waals surface area contributed by atoms with Crippen LogP contribution in [-0.4, -0.2) is 21.3 Å². The maximum absolute atomic E-state index is 9.74. The molecule has 0 aromatic carbocycles. The van der Waals surface area contributed by atoms with Gasteiger partial charge in [0.05, 0.1) is 6.10 Å². The minimum absolute atomic E-state index is 0.351. The highest BCUT2D eigenvalue weighted by molar-refractivity contribution is 7.98. The second-order valence-electron chi connectivity index (χ2n) is 3.29. The molecule has 1 atom stereocenters. The van der Waals surface area contributed by atoms with Gasteiger partial charge in [-0.15, -0.1) is 0 Å². The van der Waals surface area contributed by atoms with Crippen LogP contribution < -0.4 is 0 Å². The largest absolute Gasteiger partial charge is 0.388 e. The van der Waals surface area contributed by atoms with Gasteiger partial charge in [-0.3, -0.25) is 0 Å². The van der Waals surface area contributed by atoms with Crippen LogP contribution in [0.4, 0.5) is 0 Å². The standard InChI is InChI=1S/C9H12N2OS/c1-13-9-10-4-7(5-11-9)8(12)6-2-3-6/h4-6,8,12H,2-3H2,1H3. The molecular weight excluding hydrogens is 184 g/mol. The van der Waals surface area contributed by atoms with Gasteiger partial charge in [0.25, 0.3) is 0 Å². The summed E-state index contributed by atoms with van der Waals surface area (Å²) in [4.78, 5) is 8.24. The van der Waals surface area contributed by atoms with Gasteiger partial charge in [-0.05, 0) is 25.0 Å². The Morgan fingerprint density at radius 3 is 2.54 bits per heavy atom. The molecule has 2 rings (SSSR count). The van der Waals surface area contributed by atoms with E-state index in [0.29, 0.717) is 5.92 Å². The summed E-state index contributed by atoms with van der Waals surface area (Å²) in [5.41, 5.74) is 0.848. The zero-order chi connectivity index (χ0) is 9.26. The normalized spacial score (nSPS) is 18.6. The molecule has 1 aromatic rings. The predicted molar refractivity (Wildman–Crippen MR) is 51.5 cm³/mol. The fourth-order valence-electron chi connectivity index (χ4n) is 1.27. The molecule has 4 heteroatoms. The van der Waals surface area contributed by atoms with Gasteiger partial charge in [-0.2, -0.15) is 0 Å². The van der Waals surface area contributed by atoms with Crippen molar-refractivity contribution in [2.75, 3.05) is 6.26 Å². The van der Waals surface area contributed by atoms with Gasteiger partial charge in [-0.25, -0.2) is 9.97 Å². The van der Waals surface area contributed by atoms with Crippen LogP contribution >= 0.6 is 11.8 Å². The zero-order valence-electron chi connectivity index (χ0n) is 7.47. The number of hydrogen-bond acceptors (Lipinski definition) is 4. The minimum atomic E-state index is -0.351. The number of aliphatic hydroxyl groups is 1. The highest BCUT2D eigenvalue weighted by Gasteiger charge is 2.31. The highest BCUT2D eigenvalue weighted by atomic mass is 32.2. The maximum Gasteiger partial charge on any atom is 0.187 e. The molecule has 0 spiro atoms. The van der Waals surface area contributed by atoms with E-state index in [2.05, 4.69) is 9.97 Å². The van der Waals surface area contributed by atoms with Gasteiger partial charge < -0.3 is 5.11 Å². The Morgan fingerprint density at radius 2 is 2.08 bits per heavy atom. The molecule has 0 saturated heterocycles. The lowest BCUT2D eigenvalue weighted by molar-refractivity contribution is 0.153. The average molecular weight is 196 g/mol. The predicted octanol–water partition coefficient (Wildman–Crippen LogP) is 1.64. The quantitative estimate of drug-likeness (QED) is 0.589. The molecule has 1 saturated carbocycles. The van der Waals surface area contributed by atoms with E-state index in [0.717, 1.165) is 23.6 Å². The Hall–Kier alpha value is -0.610. The first-order valence-electron chi connectivity index (χ1n) is 4.35. The minimum Gasteiger partial charge on any atom is -0.388 e. The molecule has 1 heterocycles. The monoisotopic (exact) mass is 196 g/mol. The van der Waals surface area contributed by atoms with E-state index in [1.807, 2.05) is 6.26 Å². The number of nitrogens with zero attached hydrogens (tertiary/aromatic N) is 2. The molecule has 1 aromatic heterocycles. The summed E-state index contributed by atoms with van der Waals surface area (Å²) in [7, 11) is 0. The van der Waals surface area contributed by atoms with Gasteiger partial charge in [0.1, 0.15) is 0 Å². The second-order valence-corrected chi connectivity index (χ2v) is 4.06. The second kappa shape index (κ2) is 3.64. The number of rotatable bonds is 3. The number of aliphatic hydroxyl groups excluding tert-OH is 1. The van der Waals surface area contributed by atoms with Crippen LogP contribution in [0.2, 0.25) is 0 Å². The Morgan fingerprint density at radius 1 is 1.46 bits per heavy atom. The summed E-state index contributed by atoms with van der Waals surface area (Å²) in [6, 6.07) is 0. The summed E-state index contributed by atoms with van der Waals surface area (Å²) in [6.07, 6.45) is 7.29. The summed E-state index contributed by atoms with van der Waals surface area (Å²) in [6.45, 7) is 0. The first-order chi connectivity index (χ1) is 6.31. The molecule has 0 aliphatic heterocycles. The van der Waals surface area contributed by atoms with E-state index < -0.39 is 0 Å². The van der Waals surface area contributed by atoms with Crippen molar-refractivity contribution in [1.29, 1.82) is 0 Å². The number of thioether (sulfide) groups is 1. The van der Waals surface area contributed by atoms with Crippen LogP contribution in [0.3, 0.4) is 0 Å². The van der Waals surface area contributed by atoms with Gasteiger partial charge in [0, 0.05) is 18.0 Å². The van der Waals surface area contributed by atoms with Crippen molar-refractivity contribution < 1.29 is 5.11 Å². The Bertz CT molecular complexity index is 284. The third-order valence-corrected chi connectivity index (χ3v) is 2.82. The molecule has 0 bridgehead atoms. The van der Waals surface area contributed by atoms with Crippen molar-refractivity contribution in [3.8, 4) is 0 Å². The van der Waals surface area contributed by atoms with E-state index in [4.69, 9.17) is 0 Å². The van der Waals surface area contributed by atoms with Crippen molar-refractivity contribution in [1.82, 2.24) is 9.97 Å². The van der Waals surface area contributed by atoms with Crippen molar-refractivity contribution in [3.63, 3.8) is 0 Å². The van der Waals surface area contributed by atoms with Crippen LogP contribution in [0, 0.1) is 5.92 Å². The first kappa shape index (κ1) is 8.97. The van der Waals surface area contributed by atoms with Crippen molar-refractivity contribution >= 4 is 11.8 Å². The lowest BCUT2D eigenvalue weighted by atomic mass is 10.1. The zero-order valence-corrected chi connectivity index (χ0v) is 8.29. The van der Waals surface area contributed by atoms with Gasteiger partial charge in [-0.1, -0.05) is 11.8 Å². The van der Waals surface area contributed by atoms with E-state index in [1.54, 1.807) is 12.4 Å². The fraction of sp³-hybridized carbons (Fsp3) is 0.556. The van der Waals surface area contributed by atoms with Crippen LogP contribution in [0.15, 0.2) is 17.6 Å². The molecule has 1 unspecified atom stereocenters. The smallest absolute Gasteiger partial charge is 0.187 e. The Balaban J connectivity index is 2.11. The molecule has 0 amide bonds. The van der Waals surface area contributed by atoms with Crippen molar-refractivity contribution in [2.45, 2.75) is 24.1 Å². The van der Waals surface area contributed by atoms with Crippen LogP contribution in [0.25, 0.3) is 0 Å². The number of hydrogen-bond donors (Lipinski definition) is 1. The molecule has 1 aliphatic carbocycles. The maximum atomic E-state index is 9.74. The van der Waals surface area contributed by atoms with E-state index >= 15 is 0 Å². The molecule has 0 radical (unpaired) electrons. The average Bonchev–Trinajstić information content (AvgIpc) is 3.00. The van der Waals surface area contributed by atoms with E-state index in [1.165, 1.54) is 11.8 Å². The summed E-state index contributed by atoms with van der Waals surface area (Å²) >= 11 is 1.51. The third kappa shape index (κ3) is 2.00. The lowest BCUT2D eigenvalue weighted by Crippen LogP contribution is -2.01. The highest BCUT2D eigenvalue weighted by Crippen LogP contribution is 2.40. The van der Waals surface area contributed by atoms with E-state index in [9.17, 15) is 5.11 Å². The third-order valence-electron chi connectivity index (χ3n) is 2.24. The van der Waals surface area contributed by atoms with Gasteiger partial charge in [0.15, 0.2) is 5.16 Å². The fourth-order valence-corrected chi connectivity index (χ4v) is 1.58. The van der Waals surface area contributed by atoms with Crippen molar-refractivity contribution in [2.24, 2.45) is 5.92 Å².